The van der Waals surface area contributed by atoms with Crippen molar-refractivity contribution in [2.24, 2.45) is 0 Å². The Morgan fingerprint density at radius 3 is 2.25 bits per heavy atom. The number of allylic oxidation sites excluding steroid dienone is 8. The molecular weight excluding hydrogens is 311 g/mol. The molecule has 0 unspecified atom stereocenters. The van der Waals surface area contributed by atoms with Gasteiger partial charge in [0, 0.05) is 25.8 Å². The van der Waals surface area contributed by atoms with Crippen molar-refractivity contribution in [2.45, 2.75) is 19.8 Å². The van der Waals surface area contributed by atoms with E-state index < -0.39 is 0 Å². The molecule has 0 amide bonds. The van der Waals surface area contributed by atoms with Gasteiger partial charge in [0.15, 0.2) is 0 Å². The summed E-state index contributed by atoms with van der Waals surface area (Å²) >= 11 is 0. The van der Waals surface area contributed by atoms with E-state index in [0.717, 1.165) is 12.8 Å². The molecule has 0 aromatic heterocycles. The summed E-state index contributed by atoms with van der Waals surface area (Å²) in [4.78, 5) is 0. The van der Waals surface area contributed by atoms with Crippen molar-refractivity contribution < 1.29 is 25.8 Å². The SMILES string of the molecule is CC1=[C-]CC=C1.[C-]1=CC=CC1.[Hf]. The van der Waals surface area contributed by atoms with Crippen LogP contribution >= 0.6 is 0 Å². The Bertz CT molecular complexity index is 206. The van der Waals surface area contributed by atoms with Crippen molar-refractivity contribution >= 4 is 0 Å². The zero-order valence-corrected chi connectivity index (χ0v) is 10.9. The minimum Gasteiger partial charge on any atom is -0.273 e. The van der Waals surface area contributed by atoms with Gasteiger partial charge in [0.25, 0.3) is 0 Å². The van der Waals surface area contributed by atoms with Gasteiger partial charge in [-0.1, -0.05) is 6.92 Å². The first-order valence-corrected chi connectivity index (χ1v) is 3.85. The molecule has 1 heteroatoms. The van der Waals surface area contributed by atoms with E-state index in [2.05, 4.69) is 37.3 Å². The third-order valence-corrected chi connectivity index (χ3v) is 1.45. The molecule has 12 heavy (non-hydrogen) atoms. The Hall–Kier alpha value is -0.170. The van der Waals surface area contributed by atoms with Crippen LogP contribution in [-0.4, -0.2) is 0 Å². The fourth-order valence-corrected chi connectivity index (χ4v) is 0.855. The summed E-state index contributed by atoms with van der Waals surface area (Å²) in [6.45, 7) is 2.06. The zero-order valence-electron chi connectivity index (χ0n) is 7.30. The predicted octanol–water partition coefficient (Wildman–Crippen LogP) is 3.00. The van der Waals surface area contributed by atoms with Gasteiger partial charge in [-0.15, -0.1) is 12.8 Å². The molecule has 0 aliphatic heterocycles. The molecule has 0 radical (unpaired) electrons. The predicted molar refractivity (Wildman–Crippen MR) is 47.8 cm³/mol. The summed E-state index contributed by atoms with van der Waals surface area (Å²) in [6, 6.07) is 0. The van der Waals surface area contributed by atoms with Gasteiger partial charge in [-0.05, 0) is 0 Å². The van der Waals surface area contributed by atoms with E-state index in [9.17, 15) is 0 Å². The summed E-state index contributed by atoms with van der Waals surface area (Å²) in [5.41, 5.74) is 1.27. The monoisotopic (exact) mass is 324 g/mol. The van der Waals surface area contributed by atoms with Gasteiger partial charge in [0.1, 0.15) is 0 Å². The smallest absolute Gasteiger partial charge is 0 e. The van der Waals surface area contributed by atoms with Crippen LogP contribution in [0.1, 0.15) is 19.8 Å². The van der Waals surface area contributed by atoms with Crippen LogP contribution in [0.4, 0.5) is 0 Å². The normalized spacial score (nSPS) is 16.6. The molecule has 2 aliphatic carbocycles. The molecular formula is C11H12Hf-2. The molecule has 0 atom stereocenters. The van der Waals surface area contributed by atoms with Crippen molar-refractivity contribution in [1.82, 2.24) is 0 Å². The summed E-state index contributed by atoms with van der Waals surface area (Å²) in [6.07, 6.45) is 18.3. The molecule has 0 N–H and O–H groups in total. The fraction of sp³-hybridized carbons (Fsp3) is 0.273. The van der Waals surface area contributed by atoms with Crippen molar-refractivity contribution in [3.05, 3.63) is 48.1 Å². The second-order valence-corrected chi connectivity index (χ2v) is 2.47. The van der Waals surface area contributed by atoms with E-state index in [1.165, 1.54) is 5.57 Å². The van der Waals surface area contributed by atoms with E-state index in [0.29, 0.717) is 0 Å². The maximum Gasteiger partial charge on any atom is 0 e. The topological polar surface area (TPSA) is 0 Å². The molecule has 2 aliphatic rings. The first kappa shape index (κ1) is 11.8. The zero-order chi connectivity index (χ0) is 7.94. The van der Waals surface area contributed by atoms with Gasteiger partial charge in [0.2, 0.25) is 0 Å². The van der Waals surface area contributed by atoms with Crippen LogP contribution in [0.25, 0.3) is 0 Å². The molecule has 0 saturated heterocycles. The van der Waals surface area contributed by atoms with E-state index >= 15 is 0 Å². The molecule has 0 bridgehead atoms. The van der Waals surface area contributed by atoms with Gasteiger partial charge in [0.05, 0.1) is 0 Å². The van der Waals surface area contributed by atoms with E-state index in [1.807, 2.05) is 12.2 Å². The Labute approximate surface area is 93.5 Å². The average molecular weight is 323 g/mol. The minimum atomic E-state index is 0. The fourth-order valence-electron chi connectivity index (χ4n) is 0.855. The first-order valence-electron chi connectivity index (χ1n) is 3.85. The van der Waals surface area contributed by atoms with Gasteiger partial charge in [-0.2, -0.15) is 12.2 Å². The van der Waals surface area contributed by atoms with Crippen LogP contribution < -0.4 is 0 Å². The second-order valence-electron chi connectivity index (χ2n) is 2.47. The quantitative estimate of drug-likeness (QED) is 0.475. The van der Waals surface area contributed by atoms with Crippen LogP contribution in [0.3, 0.4) is 0 Å². The van der Waals surface area contributed by atoms with Gasteiger partial charge < -0.3 is 0 Å². The number of rotatable bonds is 0. The molecule has 0 heterocycles. The molecule has 0 saturated carbocycles. The van der Waals surface area contributed by atoms with Crippen molar-refractivity contribution in [1.29, 1.82) is 0 Å². The van der Waals surface area contributed by atoms with Crippen molar-refractivity contribution in [3.8, 4) is 0 Å². The van der Waals surface area contributed by atoms with Crippen LogP contribution in [0.15, 0.2) is 36.0 Å². The van der Waals surface area contributed by atoms with Gasteiger partial charge >= 0.3 is 0 Å². The Morgan fingerprint density at radius 2 is 2.08 bits per heavy atom. The average Bonchev–Trinajstić information content (AvgIpc) is 2.57. The third-order valence-electron chi connectivity index (χ3n) is 1.45. The Kier molecular flexibility index (Phi) is 7.37. The standard InChI is InChI=1S/C6H7.C5H5.Hf/c1-6-4-2-3-5-6;1-2-4-5-3-1;/h2,4H,3H2,1H3;1-3H,4H2;/q2*-1;. The minimum absolute atomic E-state index is 0. The number of hydrogen-bond donors (Lipinski definition) is 0. The molecule has 0 aromatic rings. The summed E-state index contributed by atoms with van der Waals surface area (Å²) in [5.74, 6) is 0. The van der Waals surface area contributed by atoms with Gasteiger partial charge in [-0.25, -0.2) is 23.8 Å². The van der Waals surface area contributed by atoms with Crippen molar-refractivity contribution in [2.75, 3.05) is 0 Å². The third kappa shape index (κ3) is 5.48. The molecule has 2 rings (SSSR count). The van der Waals surface area contributed by atoms with Crippen LogP contribution in [0.2, 0.25) is 0 Å². The second kappa shape index (κ2) is 7.48. The first-order chi connectivity index (χ1) is 5.39. The maximum atomic E-state index is 3.12. The molecule has 0 spiro atoms. The summed E-state index contributed by atoms with van der Waals surface area (Å²) in [5, 5.41) is 0. The van der Waals surface area contributed by atoms with Crippen molar-refractivity contribution in [3.63, 3.8) is 0 Å². The Morgan fingerprint density at radius 1 is 1.25 bits per heavy atom. The van der Waals surface area contributed by atoms with E-state index in [1.54, 1.807) is 0 Å². The van der Waals surface area contributed by atoms with Gasteiger partial charge in [-0.3, -0.25) is 12.2 Å². The van der Waals surface area contributed by atoms with Crippen LogP contribution in [0, 0.1) is 12.2 Å². The molecule has 0 fully saturated rings. The largest absolute Gasteiger partial charge is 0.273 e. The molecule has 0 nitrogen and oxygen atoms in total. The van der Waals surface area contributed by atoms with E-state index in [4.69, 9.17) is 0 Å². The Balaban J connectivity index is 0.000000189. The molecule has 0 aromatic carbocycles. The molecule has 62 valence electrons. The summed E-state index contributed by atoms with van der Waals surface area (Å²) in [7, 11) is 0. The van der Waals surface area contributed by atoms with E-state index in [-0.39, 0.29) is 25.8 Å². The maximum absolute atomic E-state index is 3.12. The number of hydrogen-bond acceptors (Lipinski definition) is 0. The van der Waals surface area contributed by atoms with Crippen LogP contribution in [0.5, 0.6) is 0 Å². The summed E-state index contributed by atoms with van der Waals surface area (Å²) < 4.78 is 0. The van der Waals surface area contributed by atoms with Crippen LogP contribution in [-0.2, 0) is 25.8 Å².